The predicted octanol–water partition coefficient (Wildman–Crippen LogP) is -0.140. The summed E-state index contributed by atoms with van der Waals surface area (Å²) in [7, 11) is 0. The van der Waals surface area contributed by atoms with Gasteiger partial charge in [0.2, 0.25) is 5.91 Å². The van der Waals surface area contributed by atoms with Crippen LogP contribution in [-0.2, 0) is 4.79 Å². The highest BCUT2D eigenvalue weighted by molar-refractivity contribution is 5.73. The van der Waals surface area contributed by atoms with Crippen molar-refractivity contribution in [2.24, 2.45) is 5.73 Å². The molecule has 54 valence electrons. The minimum absolute atomic E-state index is 0.0101. The number of nitrogens with two attached hydrogens (primary N) is 1. The molecular formula is C6H14N2O. The Hall–Kier alpha value is -0.570. The quantitative estimate of drug-likeness (QED) is 0.558. The zero-order valence-corrected chi connectivity index (χ0v) is 5.98. The molecular weight excluding hydrogens is 116 g/mol. The van der Waals surface area contributed by atoms with Crippen LogP contribution >= 0.6 is 0 Å². The Bertz CT molecular complexity index is 93.1. The van der Waals surface area contributed by atoms with E-state index >= 15 is 0 Å². The summed E-state index contributed by atoms with van der Waals surface area (Å²) in [6.45, 7) is 4.07. The summed E-state index contributed by atoms with van der Waals surface area (Å²) in [6, 6.07) is 0.215. The third-order valence-corrected chi connectivity index (χ3v) is 1.05. The summed E-state index contributed by atoms with van der Waals surface area (Å²) in [5.41, 5.74) is 5.25. The lowest BCUT2D eigenvalue weighted by Crippen LogP contribution is -2.31. The zero-order chi connectivity index (χ0) is 7.28. The van der Waals surface area contributed by atoms with Gasteiger partial charge in [0.1, 0.15) is 0 Å². The Morgan fingerprint density at radius 2 is 2.33 bits per heavy atom. The summed E-state index contributed by atoms with van der Waals surface area (Å²) in [4.78, 5) is 10.4. The molecule has 9 heavy (non-hydrogen) atoms. The van der Waals surface area contributed by atoms with E-state index in [9.17, 15) is 4.79 Å². The monoisotopic (exact) mass is 130 g/mol. The van der Waals surface area contributed by atoms with Crippen LogP contribution < -0.4 is 11.1 Å². The lowest BCUT2D eigenvalue weighted by Gasteiger charge is -2.09. The van der Waals surface area contributed by atoms with Crippen LogP contribution in [0.5, 0.6) is 0 Å². The molecule has 3 N–H and O–H groups in total. The van der Waals surface area contributed by atoms with Crippen molar-refractivity contribution in [2.45, 2.75) is 26.3 Å². The average Bonchev–Trinajstić information content (AvgIpc) is 1.63. The van der Waals surface area contributed by atoms with Gasteiger partial charge in [-0.15, -0.1) is 0 Å². The molecule has 0 radical (unpaired) electrons. The van der Waals surface area contributed by atoms with Crippen molar-refractivity contribution in [1.29, 1.82) is 0 Å². The Labute approximate surface area is 55.6 Å². The van der Waals surface area contributed by atoms with Gasteiger partial charge in [-0.1, -0.05) is 0 Å². The number of hydrogen-bond donors (Lipinski definition) is 2. The lowest BCUT2D eigenvalue weighted by atomic mass is 10.2. The smallest absolute Gasteiger partial charge is 0.217 e. The number of carbonyl (C=O) groups excluding carboxylic acids is 1. The van der Waals surface area contributed by atoms with E-state index in [4.69, 9.17) is 5.73 Å². The molecule has 0 aliphatic heterocycles. The van der Waals surface area contributed by atoms with E-state index in [-0.39, 0.29) is 11.9 Å². The van der Waals surface area contributed by atoms with Crippen LogP contribution in [0, 0.1) is 0 Å². The molecule has 0 heterocycles. The predicted molar refractivity (Wildman–Crippen MR) is 37.0 cm³/mol. The van der Waals surface area contributed by atoms with Gasteiger partial charge >= 0.3 is 0 Å². The fourth-order valence-corrected chi connectivity index (χ4v) is 0.669. The van der Waals surface area contributed by atoms with Crippen molar-refractivity contribution >= 4 is 5.91 Å². The molecule has 0 aliphatic carbocycles. The first-order valence-corrected chi connectivity index (χ1v) is 3.14. The second-order valence-electron chi connectivity index (χ2n) is 2.18. The maximum atomic E-state index is 10.4. The van der Waals surface area contributed by atoms with Gasteiger partial charge in [0.05, 0.1) is 0 Å². The van der Waals surface area contributed by atoms with E-state index in [2.05, 4.69) is 5.32 Å². The Morgan fingerprint density at radius 3 is 2.67 bits per heavy atom. The maximum Gasteiger partial charge on any atom is 0.217 e. The third kappa shape index (κ3) is 5.30. The van der Waals surface area contributed by atoms with Crippen molar-refractivity contribution in [3.05, 3.63) is 0 Å². The van der Waals surface area contributed by atoms with Crippen molar-refractivity contribution < 1.29 is 4.79 Å². The minimum atomic E-state index is 0.0101. The van der Waals surface area contributed by atoms with Gasteiger partial charge in [0.25, 0.3) is 0 Å². The largest absolute Gasteiger partial charge is 0.354 e. The summed E-state index contributed by atoms with van der Waals surface area (Å²) in [6.07, 6.45) is 0.847. The molecule has 1 amide bonds. The fourth-order valence-electron chi connectivity index (χ4n) is 0.669. The van der Waals surface area contributed by atoms with Gasteiger partial charge in [0.15, 0.2) is 0 Å². The SMILES string of the molecule is CC(=O)N[C@@H](C)CCN. The van der Waals surface area contributed by atoms with Gasteiger partial charge < -0.3 is 11.1 Å². The molecule has 0 saturated carbocycles. The first kappa shape index (κ1) is 8.43. The van der Waals surface area contributed by atoms with Gasteiger partial charge in [-0.3, -0.25) is 4.79 Å². The first-order chi connectivity index (χ1) is 4.16. The second-order valence-corrected chi connectivity index (χ2v) is 2.18. The molecule has 0 aromatic rings. The lowest BCUT2D eigenvalue weighted by molar-refractivity contribution is -0.119. The number of rotatable bonds is 3. The summed E-state index contributed by atoms with van der Waals surface area (Å²) in [5, 5.41) is 2.72. The molecule has 0 rings (SSSR count). The first-order valence-electron chi connectivity index (χ1n) is 3.14. The van der Waals surface area contributed by atoms with Gasteiger partial charge in [-0.25, -0.2) is 0 Å². The van der Waals surface area contributed by atoms with Crippen LogP contribution in [0.4, 0.5) is 0 Å². The molecule has 0 aromatic heterocycles. The minimum Gasteiger partial charge on any atom is -0.354 e. The summed E-state index contributed by atoms with van der Waals surface area (Å²) < 4.78 is 0. The second kappa shape index (κ2) is 4.32. The van der Waals surface area contributed by atoms with Crippen LogP contribution in [0.2, 0.25) is 0 Å². The normalized spacial score (nSPS) is 12.8. The molecule has 0 saturated heterocycles. The number of nitrogens with one attached hydrogen (secondary N) is 1. The maximum absolute atomic E-state index is 10.4. The molecule has 0 fully saturated rings. The van der Waals surface area contributed by atoms with Crippen molar-refractivity contribution in [1.82, 2.24) is 5.32 Å². The van der Waals surface area contributed by atoms with E-state index in [0.29, 0.717) is 6.54 Å². The molecule has 0 spiro atoms. The third-order valence-electron chi connectivity index (χ3n) is 1.05. The van der Waals surface area contributed by atoms with Gasteiger partial charge in [-0.05, 0) is 19.9 Å². The van der Waals surface area contributed by atoms with Gasteiger partial charge in [-0.2, -0.15) is 0 Å². The van der Waals surface area contributed by atoms with E-state index in [1.807, 2.05) is 6.92 Å². The molecule has 0 bridgehead atoms. The Kier molecular flexibility index (Phi) is 4.05. The molecule has 1 atom stereocenters. The van der Waals surface area contributed by atoms with Crippen LogP contribution in [0.3, 0.4) is 0 Å². The average molecular weight is 130 g/mol. The summed E-state index contributed by atoms with van der Waals surface area (Å²) >= 11 is 0. The molecule has 0 aliphatic rings. The highest BCUT2D eigenvalue weighted by Gasteiger charge is 1.99. The Morgan fingerprint density at radius 1 is 1.78 bits per heavy atom. The van der Waals surface area contributed by atoms with Crippen LogP contribution in [-0.4, -0.2) is 18.5 Å². The van der Waals surface area contributed by atoms with Crippen LogP contribution in [0.15, 0.2) is 0 Å². The Balaban J connectivity index is 3.26. The number of hydrogen-bond acceptors (Lipinski definition) is 2. The molecule has 3 nitrogen and oxygen atoms in total. The van der Waals surface area contributed by atoms with Crippen LogP contribution in [0.25, 0.3) is 0 Å². The number of carbonyl (C=O) groups is 1. The molecule has 0 unspecified atom stereocenters. The van der Waals surface area contributed by atoms with Crippen molar-refractivity contribution in [3.8, 4) is 0 Å². The standard InChI is InChI=1S/C6H14N2O/c1-5(3-4-7)8-6(2)9/h5H,3-4,7H2,1-2H3,(H,8,9)/t5-/m0/s1. The van der Waals surface area contributed by atoms with E-state index in [1.165, 1.54) is 6.92 Å². The van der Waals surface area contributed by atoms with E-state index < -0.39 is 0 Å². The topological polar surface area (TPSA) is 55.1 Å². The zero-order valence-electron chi connectivity index (χ0n) is 5.98. The van der Waals surface area contributed by atoms with Gasteiger partial charge in [0, 0.05) is 13.0 Å². The van der Waals surface area contributed by atoms with Crippen LogP contribution in [0.1, 0.15) is 20.3 Å². The number of amides is 1. The molecule has 0 aromatic carbocycles. The molecule has 3 heteroatoms. The highest BCUT2D eigenvalue weighted by Crippen LogP contribution is 1.85. The van der Waals surface area contributed by atoms with E-state index in [0.717, 1.165) is 6.42 Å². The summed E-state index contributed by atoms with van der Waals surface area (Å²) in [5.74, 6) is 0.0101. The highest BCUT2D eigenvalue weighted by atomic mass is 16.1. The van der Waals surface area contributed by atoms with E-state index in [1.54, 1.807) is 0 Å². The van der Waals surface area contributed by atoms with Crippen molar-refractivity contribution in [3.63, 3.8) is 0 Å². The fraction of sp³-hybridized carbons (Fsp3) is 0.833. The van der Waals surface area contributed by atoms with Crippen molar-refractivity contribution in [2.75, 3.05) is 6.54 Å².